The molecule has 0 spiro atoms. The predicted octanol–water partition coefficient (Wildman–Crippen LogP) is 4.14. The van der Waals surface area contributed by atoms with Crippen molar-refractivity contribution in [2.75, 3.05) is 21.3 Å². The van der Waals surface area contributed by atoms with E-state index in [4.69, 9.17) is 14.2 Å². The molecule has 0 fully saturated rings. The number of aromatic nitrogens is 1. The second-order valence-corrected chi connectivity index (χ2v) is 7.60. The maximum absolute atomic E-state index is 13.1. The average Bonchev–Trinajstić information content (AvgIpc) is 3.12. The minimum atomic E-state index is -0.279. The van der Waals surface area contributed by atoms with Gasteiger partial charge in [0.1, 0.15) is 27.9 Å². The molecule has 0 aliphatic carbocycles. The lowest BCUT2D eigenvalue weighted by Crippen LogP contribution is -2.23. The fraction of sp³-hybridized carbons (Fsp3) is 0.273. The number of aryl methyl sites for hydroxylation is 1. The number of nitrogens with one attached hydrogen (secondary N) is 1. The molecule has 1 N–H and O–H groups in total. The third kappa shape index (κ3) is 4.88. The van der Waals surface area contributed by atoms with Crippen molar-refractivity contribution in [3.63, 3.8) is 0 Å². The molecule has 30 heavy (non-hydrogen) atoms. The number of rotatable bonds is 8. The standard InChI is InChI=1S/C22H23FN2O4S/c1-13-21(30-20(25-13)9-14-5-7-15(23)8-6-14)22(26)24-12-17-18(28-3)10-16(27-2)11-19(17)29-4/h5-8,10-11H,9,12H2,1-4H3,(H,24,26). The van der Waals surface area contributed by atoms with Gasteiger partial charge in [-0.25, -0.2) is 9.37 Å². The molecular formula is C22H23FN2O4S. The smallest absolute Gasteiger partial charge is 0.263 e. The van der Waals surface area contributed by atoms with Crippen LogP contribution in [0.5, 0.6) is 17.2 Å². The first-order valence-corrected chi connectivity index (χ1v) is 10.0. The first kappa shape index (κ1) is 21.6. The van der Waals surface area contributed by atoms with Crippen LogP contribution in [0.15, 0.2) is 36.4 Å². The van der Waals surface area contributed by atoms with Gasteiger partial charge in [-0.2, -0.15) is 0 Å². The van der Waals surface area contributed by atoms with Crippen LogP contribution < -0.4 is 19.5 Å². The van der Waals surface area contributed by atoms with E-state index in [1.54, 1.807) is 52.5 Å². The highest BCUT2D eigenvalue weighted by Crippen LogP contribution is 2.34. The third-order valence-electron chi connectivity index (χ3n) is 4.56. The minimum Gasteiger partial charge on any atom is -0.496 e. The number of carbonyl (C=O) groups excluding carboxylic acids is 1. The van der Waals surface area contributed by atoms with Crippen LogP contribution in [0.1, 0.15) is 31.5 Å². The number of nitrogens with zero attached hydrogens (tertiary/aromatic N) is 1. The Morgan fingerprint density at radius 1 is 1.07 bits per heavy atom. The number of thiazole rings is 1. The van der Waals surface area contributed by atoms with Gasteiger partial charge in [0.25, 0.3) is 5.91 Å². The summed E-state index contributed by atoms with van der Waals surface area (Å²) in [6.07, 6.45) is 0.541. The summed E-state index contributed by atoms with van der Waals surface area (Å²) < 4.78 is 29.2. The van der Waals surface area contributed by atoms with Gasteiger partial charge in [0, 0.05) is 18.6 Å². The van der Waals surface area contributed by atoms with Crippen molar-refractivity contribution in [2.45, 2.75) is 19.9 Å². The predicted molar refractivity (Wildman–Crippen MR) is 113 cm³/mol. The fourth-order valence-electron chi connectivity index (χ4n) is 3.02. The lowest BCUT2D eigenvalue weighted by molar-refractivity contribution is 0.0953. The Kier molecular flexibility index (Phi) is 6.89. The van der Waals surface area contributed by atoms with Crippen molar-refractivity contribution in [1.82, 2.24) is 10.3 Å². The number of amides is 1. The molecule has 0 saturated carbocycles. The van der Waals surface area contributed by atoms with E-state index in [1.165, 1.54) is 23.5 Å². The zero-order chi connectivity index (χ0) is 21.7. The van der Waals surface area contributed by atoms with Crippen molar-refractivity contribution in [2.24, 2.45) is 0 Å². The molecular weight excluding hydrogens is 407 g/mol. The van der Waals surface area contributed by atoms with Gasteiger partial charge < -0.3 is 19.5 Å². The van der Waals surface area contributed by atoms with Crippen LogP contribution in [0.3, 0.4) is 0 Å². The summed E-state index contributed by atoms with van der Waals surface area (Å²) in [7, 11) is 4.66. The normalized spacial score (nSPS) is 10.6. The van der Waals surface area contributed by atoms with Gasteiger partial charge in [0.15, 0.2) is 0 Å². The van der Waals surface area contributed by atoms with Gasteiger partial charge >= 0.3 is 0 Å². The molecule has 0 aliphatic rings. The van der Waals surface area contributed by atoms with Gasteiger partial charge in [0.2, 0.25) is 0 Å². The molecule has 3 aromatic rings. The van der Waals surface area contributed by atoms with Gasteiger partial charge in [-0.1, -0.05) is 12.1 Å². The molecule has 158 valence electrons. The van der Waals surface area contributed by atoms with Gasteiger partial charge in [-0.05, 0) is 24.6 Å². The number of ether oxygens (including phenoxy) is 3. The van der Waals surface area contributed by atoms with Gasteiger partial charge in [-0.15, -0.1) is 11.3 Å². The number of hydrogen-bond donors (Lipinski definition) is 1. The van der Waals surface area contributed by atoms with Crippen LogP contribution in [0, 0.1) is 12.7 Å². The summed E-state index contributed by atoms with van der Waals surface area (Å²) in [5.41, 5.74) is 2.30. The first-order valence-electron chi connectivity index (χ1n) is 9.23. The number of methoxy groups -OCH3 is 3. The lowest BCUT2D eigenvalue weighted by Gasteiger charge is -2.15. The molecule has 0 radical (unpaired) electrons. The van der Waals surface area contributed by atoms with Crippen LogP contribution >= 0.6 is 11.3 Å². The monoisotopic (exact) mass is 430 g/mol. The Balaban J connectivity index is 1.74. The fourth-order valence-corrected chi connectivity index (χ4v) is 4.03. The van der Waals surface area contributed by atoms with E-state index >= 15 is 0 Å². The van der Waals surface area contributed by atoms with E-state index in [9.17, 15) is 9.18 Å². The summed E-state index contributed by atoms with van der Waals surface area (Å²) in [4.78, 5) is 17.8. The highest BCUT2D eigenvalue weighted by Gasteiger charge is 2.18. The van der Waals surface area contributed by atoms with E-state index in [0.29, 0.717) is 39.8 Å². The minimum absolute atomic E-state index is 0.222. The lowest BCUT2D eigenvalue weighted by atomic mass is 10.1. The summed E-state index contributed by atoms with van der Waals surface area (Å²) in [5, 5.41) is 3.70. The Morgan fingerprint density at radius 2 is 1.70 bits per heavy atom. The highest BCUT2D eigenvalue weighted by molar-refractivity contribution is 7.13. The molecule has 0 aliphatic heterocycles. The largest absolute Gasteiger partial charge is 0.496 e. The molecule has 0 atom stereocenters. The quantitative estimate of drug-likeness (QED) is 0.582. The summed E-state index contributed by atoms with van der Waals surface area (Å²) in [6, 6.07) is 9.74. The SMILES string of the molecule is COc1cc(OC)c(CNC(=O)c2sc(Cc3ccc(F)cc3)nc2C)c(OC)c1. The third-order valence-corrected chi connectivity index (χ3v) is 5.71. The van der Waals surface area contributed by atoms with Crippen molar-refractivity contribution in [3.8, 4) is 17.2 Å². The van der Waals surface area contributed by atoms with E-state index in [1.807, 2.05) is 0 Å². The molecule has 8 heteroatoms. The molecule has 6 nitrogen and oxygen atoms in total. The Morgan fingerprint density at radius 3 is 2.27 bits per heavy atom. The molecule has 1 amide bonds. The van der Waals surface area contributed by atoms with E-state index in [-0.39, 0.29) is 18.3 Å². The molecule has 3 rings (SSSR count). The number of benzene rings is 2. The number of hydrogen-bond acceptors (Lipinski definition) is 6. The Bertz CT molecular complexity index is 1010. The van der Waals surface area contributed by atoms with Gasteiger partial charge in [-0.3, -0.25) is 4.79 Å². The van der Waals surface area contributed by atoms with Gasteiger partial charge in [0.05, 0.1) is 44.1 Å². The Labute approximate surface area is 178 Å². The first-order chi connectivity index (χ1) is 14.4. The summed E-state index contributed by atoms with van der Waals surface area (Å²) in [5.74, 6) is 1.21. The van der Waals surface area contributed by atoms with E-state index < -0.39 is 0 Å². The van der Waals surface area contributed by atoms with Crippen molar-refractivity contribution in [1.29, 1.82) is 0 Å². The summed E-state index contributed by atoms with van der Waals surface area (Å²) in [6.45, 7) is 2.02. The van der Waals surface area contributed by atoms with Crippen LogP contribution in [0.4, 0.5) is 4.39 Å². The van der Waals surface area contributed by atoms with Crippen LogP contribution in [-0.2, 0) is 13.0 Å². The second-order valence-electron chi connectivity index (χ2n) is 6.52. The van der Waals surface area contributed by atoms with E-state index in [2.05, 4.69) is 10.3 Å². The second kappa shape index (κ2) is 9.58. The maximum Gasteiger partial charge on any atom is 0.263 e. The van der Waals surface area contributed by atoms with Crippen LogP contribution in [0.2, 0.25) is 0 Å². The average molecular weight is 431 g/mol. The van der Waals surface area contributed by atoms with Crippen LogP contribution in [0.25, 0.3) is 0 Å². The maximum atomic E-state index is 13.1. The molecule has 2 aromatic carbocycles. The summed E-state index contributed by atoms with van der Waals surface area (Å²) >= 11 is 1.33. The van der Waals surface area contributed by atoms with Crippen molar-refractivity contribution in [3.05, 3.63) is 68.9 Å². The van der Waals surface area contributed by atoms with Crippen molar-refractivity contribution < 1.29 is 23.4 Å². The molecule has 1 aromatic heterocycles. The Hall–Kier alpha value is -3.13. The zero-order valence-electron chi connectivity index (χ0n) is 17.2. The number of halogens is 1. The number of carbonyl (C=O) groups is 1. The topological polar surface area (TPSA) is 69.7 Å². The molecule has 0 saturated heterocycles. The molecule has 1 heterocycles. The molecule has 0 bridgehead atoms. The highest BCUT2D eigenvalue weighted by atomic mass is 32.1. The molecule has 0 unspecified atom stereocenters. The van der Waals surface area contributed by atoms with Crippen molar-refractivity contribution >= 4 is 17.2 Å². The van der Waals surface area contributed by atoms with Crippen LogP contribution in [-0.4, -0.2) is 32.2 Å². The van der Waals surface area contributed by atoms with E-state index in [0.717, 1.165) is 10.6 Å². The zero-order valence-corrected chi connectivity index (χ0v) is 18.1.